The van der Waals surface area contributed by atoms with Gasteiger partial charge in [0.1, 0.15) is 17.1 Å². The van der Waals surface area contributed by atoms with Crippen LogP contribution in [0.4, 0.5) is 32.0 Å². The maximum Gasteiger partial charge on any atom is 0.573 e. The quantitative estimate of drug-likeness (QED) is 0.388. The van der Waals surface area contributed by atoms with Crippen LogP contribution in [-0.2, 0) is 15.9 Å². The third-order valence-corrected chi connectivity index (χ3v) is 5.58. The summed E-state index contributed by atoms with van der Waals surface area (Å²) in [6.45, 7) is 1.34. The Labute approximate surface area is 200 Å². The highest BCUT2D eigenvalue weighted by molar-refractivity contribution is 7.91. The first kappa shape index (κ1) is 26.7. The van der Waals surface area contributed by atoms with Crippen LogP contribution in [-0.4, -0.2) is 32.9 Å². The number of hydrogen-bond donors (Lipinski definition) is 2. The molecule has 0 aliphatic carbocycles. The maximum absolute atomic E-state index is 13.2. The van der Waals surface area contributed by atoms with Crippen molar-refractivity contribution in [1.82, 2.24) is 10.2 Å². The molecule has 0 aliphatic rings. The Morgan fingerprint density at radius 2 is 1.72 bits per heavy atom. The number of aromatic nitrogens is 2. The van der Waals surface area contributed by atoms with Gasteiger partial charge in [-0.05, 0) is 55.0 Å². The van der Waals surface area contributed by atoms with E-state index in [9.17, 15) is 35.3 Å². The molecule has 1 heterocycles. The van der Waals surface area contributed by atoms with Gasteiger partial charge in [-0.2, -0.15) is 13.2 Å². The normalized spacial score (nSPS) is 13.6. The van der Waals surface area contributed by atoms with Gasteiger partial charge in [0.15, 0.2) is 5.69 Å². The van der Waals surface area contributed by atoms with Crippen molar-refractivity contribution in [1.29, 1.82) is 4.78 Å². The first-order valence-electron chi connectivity index (χ1n) is 9.67. The minimum absolute atomic E-state index is 0.0282. The molecule has 0 saturated carbocycles. The van der Waals surface area contributed by atoms with Crippen molar-refractivity contribution in [3.05, 3.63) is 65.4 Å². The second-order valence-corrected chi connectivity index (χ2v) is 9.51. The van der Waals surface area contributed by atoms with E-state index in [-0.39, 0.29) is 21.9 Å². The standard InChI is InChI=1S/C21H16F6N4O4S/c1-11-8-13(35-21(25,26)27)6-7-16(11)34-19-15(10-17(30-31-19)20(22,23)24)18(32)29-12-4-3-5-14(9-12)36(2,28)33/h3-10,28H,1-2H3,(H,29,32). The molecule has 0 saturated heterocycles. The number of rotatable bonds is 6. The molecular formula is C21H16F6N4O4S. The lowest BCUT2D eigenvalue weighted by Gasteiger charge is -2.15. The molecule has 1 aromatic heterocycles. The van der Waals surface area contributed by atoms with E-state index in [1.54, 1.807) is 0 Å². The van der Waals surface area contributed by atoms with Crippen LogP contribution in [0.25, 0.3) is 0 Å². The largest absolute Gasteiger partial charge is 0.573 e. The molecule has 3 aromatic rings. The number of nitrogens with zero attached hydrogens (tertiary/aromatic N) is 2. The van der Waals surface area contributed by atoms with Gasteiger partial charge in [0, 0.05) is 16.8 Å². The van der Waals surface area contributed by atoms with Crippen molar-refractivity contribution in [2.75, 3.05) is 11.6 Å². The van der Waals surface area contributed by atoms with Gasteiger partial charge < -0.3 is 14.8 Å². The Morgan fingerprint density at radius 1 is 1.03 bits per heavy atom. The molecule has 1 unspecified atom stereocenters. The molecule has 0 spiro atoms. The molecule has 192 valence electrons. The van der Waals surface area contributed by atoms with Crippen LogP contribution in [0.15, 0.2) is 53.4 Å². The van der Waals surface area contributed by atoms with Gasteiger partial charge in [0.05, 0.1) is 9.73 Å². The first-order valence-corrected chi connectivity index (χ1v) is 11.6. The molecule has 36 heavy (non-hydrogen) atoms. The second kappa shape index (κ2) is 9.64. The molecule has 2 aromatic carbocycles. The summed E-state index contributed by atoms with van der Waals surface area (Å²) in [4.78, 5) is 12.9. The Kier molecular flexibility index (Phi) is 7.15. The lowest BCUT2D eigenvalue weighted by atomic mass is 10.2. The van der Waals surface area contributed by atoms with Crippen molar-refractivity contribution in [3.8, 4) is 17.4 Å². The Hall–Kier alpha value is -3.88. The van der Waals surface area contributed by atoms with E-state index >= 15 is 0 Å². The van der Waals surface area contributed by atoms with Gasteiger partial charge in [-0.1, -0.05) is 6.07 Å². The number of amides is 1. The van der Waals surface area contributed by atoms with Crippen molar-refractivity contribution >= 4 is 21.3 Å². The van der Waals surface area contributed by atoms with Crippen LogP contribution in [0.2, 0.25) is 0 Å². The summed E-state index contributed by atoms with van der Waals surface area (Å²) in [6.07, 6.45) is -8.75. The predicted molar refractivity (Wildman–Crippen MR) is 114 cm³/mol. The van der Waals surface area contributed by atoms with Crippen molar-refractivity contribution < 1.29 is 44.8 Å². The molecule has 0 bridgehead atoms. The molecule has 2 N–H and O–H groups in total. The van der Waals surface area contributed by atoms with Gasteiger partial charge in [0.2, 0.25) is 0 Å². The number of alkyl halides is 6. The number of carbonyl (C=O) groups excluding carboxylic acids is 1. The molecule has 0 aliphatic heterocycles. The zero-order valence-electron chi connectivity index (χ0n) is 18.3. The molecule has 8 nitrogen and oxygen atoms in total. The van der Waals surface area contributed by atoms with E-state index in [1.807, 2.05) is 0 Å². The molecule has 1 atom stereocenters. The second-order valence-electron chi connectivity index (χ2n) is 7.35. The van der Waals surface area contributed by atoms with E-state index in [1.165, 1.54) is 31.2 Å². The van der Waals surface area contributed by atoms with Gasteiger partial charge in [-0.3, -0.25) is 4.79 Å². The van der Waals surface area contributed by atoms with Crippen LogP contribution in [0.1, 0.15) is 21.6 Å². The SMILES string of the molecule is Cc1cc(OC(F)(F)F)ccc1Oc1nnc(C(F)(F)F)cc1C(=O)Nc1cccc(S(C)(=N)=O)c1. The number of hydrogen-bond acceptors (Lipinski definition) is 7. The summed E-state index contributed by atoms with van der Waals surface area (Å²) in [5, 5.41) is 8.68. The Morgan fingerprint density at radius 3 is 2.31 bits per heavy atom. The van der Waals surface area contributed by atoms with Crippen LogP contribution in [0.5, 0.6) is 17.4 Å². The summed E-state index contributed by atoms with van der Waals surface area (Å²) in [7, 11) is -3.15. The number of halogens is 6. The Balaban J connectivity index is 1.97. The molecular weight excluding hydrogens is 518 g/mol. The topological polar surface area (TPSA) is 114 Å². The lowest BCUT2D eigenvalue weighted by molar-refractivity contribution is -0.274. The number of anilines is 1. The first-order chi connectivity index (χ1) is 16.5. The third-order valence-electron chi connectivity index (χ3n) is 4.42. The van der Waals surface area contributed by atoms with E-state index in [0.717, 1.165) is 24.5 Å². The smallest absolute Gasteiger partial charge is 0.437 e. The van der Waals surface area contributed by atoms with Crippen LogP contribution < -0.4 is 14.8 Å². The molecule has 0 fully saturated rings. The summed E-state index contributed by atoms with van der Waals surface area (Å²) in [6, 6.07) is 8.66. The minimum Gasteiger partial charge on any atom is -0.437 e. The van der Waals surface area contributed by atoms with Crippen LogP contribution in [0, 0.1) is 11.7 Å². The minimum atomic E-state index is -4.95. The fourth-order valence-electron chi connectivity index (χ4n) is 2.81. The summed E-state index contributed by atoms with van der Waals surface area (Å²) in [5.74, 6) is -2.46. The summed E-state index contributed by atoms with van der Waals surface area (Å²) >= 11 is 0. The van der Waals surface area contributed by atoms with Gasteiger partial charge in [-0.25, -0.2) is 8.99 Å². The average Bonchev–Trinajstić information content (AvgIpc) is 2.73. The van der Waals surface area contributed by atoms with Gasteiger partial charge in [-0.15, -0.1) is 23.4 Å². The van der Waals surface area contributed by atoms with E-state index < -0.39 is 51.1 Å². The van der Waals surface area contributed by atoms with Gasteiger partial charge >= 0.3 is 12.5 Å². The highest BCUT2D eigenvalue weighted by Crippen LogP contribution is 2.34. The zero-order valence-corrected chi connectivity index (χ0v) is 19.1. The fourth-order valence-corrected chi connectivity index (χ4v) is 3.50. The average molecular weight is 534 g/mol. The highest BCUT2D eigenvalue weighted by Gasteiger charge is 2.35. The van der Waals surface area contributed by atoms with Crippen LogP contribution in [0.3, 0.4) is 0 Å². The van der Waals surface area contributed by atoms with Gasteiger partial charge in [0.25, 0.3) is 11.8 Å². The number of ether oxygens (including phenoxy) is 2. The lowest BCUT2D eigenvalue weighted by Crippen LogP contribution is -2.18. The number of carbonyl (C=O) groups is 1. The molecule has 3 rings (SSSR count). The molecule has 0 radical (unpaired) electrons. The van der Waals surface area contributed by atoms with E-state index in [4.69, 9.17) is 9.52 Å². The highest BCUT2D eigenvalue weighted by atomic mass is 32.2. The number of aryl methyl sites for hydroxylation is 1. The maximum atomic E-state index is 13.2. The van der Waals surface area contributed by atoms with Crippen LogP contribution >= 0.6 is 0 Å². The summed E-state index contributed by atoms with van der Waals surface area (Å²) in [5.41, 5.74) is -2.07. The molecule has 15 heteroatoms. The van der Waals surface area contributed by atoms with Crippen molar-refractivity contribution in [2.24, 2.45) is 0 Å². The monoisotopic (exact) mass is 534 g/mol. The molecule has 1 amide bonds. The predicted octanol–water partition coefficient (Wildman–Crippen LogP) is 5.78. The van der Waals surface area contributed by atoms with E-state index in [2.05, 4.69) is 20.3 Å². The zero-order chi connectivity index (χ0) is 26.9. The van der Waals surface area contributed by atoms with Crippen molar-refractivity contribution in [3.63, 3.8) is 0 Å². The summed E-state index contributed by atoms with van der Waals surface area (Å²) < 4.78 is 106. The third kappa shape index (κ3) is 6.84. The fraction of sp³-hybridized carbons (Fsp3) is 0.190. The van der Waals surface area contributed by atoms with Crippen molar-refractivity contribution in [2.45, 2.75) is 24.4 Å². The van der Waals surface area contributed by atoms with E-state index in [0.29, 0.717) is 6.07 Å². The number of benzene rings is 2. The Bertz CT molecular complexity index is 1410. The number of nitrogens with one attached hydrogen (secondary N) is 2.